The van der Waals surface area contributed by atoms with Crippen LogP contribution >= 0.6 is 0 Å². The molecule has 4 rings (SSSR count). The first-order chi connectivity index (χ1) is 16.9. The number of halogens is 1. The summed E-state index contributed by atoms with van der Waals surface area (Å²) in [5.74, 6) is 1.52. The third-order valence-electron chi connectivity index (χ3n) is 6.51. The summed E-state index contributed by atoms with van der Waals surface area (Å²) in [6, 6.07) is 5.88. The number of aromatic nitrogens is 4. The van der Waals surface area contributed by atoms with Crippen molar-refractivity contribution < 1.29 is 19.0 Å². The quantitative estimate of drug-likeness (QED) is 0.504. The zero-order valence-electron chi connectivity index (χ0n) is 22.0. The van der Waals surface area contributed by atoms with Crippen molar-refractivity contribution in [3.05, 3.63) is 47.0 Å². The summed E-state index contributed by atoms with van der Waals surface area (Å²) >= 11 is 0. The SMILES string of the molecule is CCN(CC(F)Cc1cc2c(cnn2-c2cc(C3CC(O)C3)nc(C)n2)cc1C)C(=O)OC(C)(C)C. The van der Waals surface area contributed by atoms with E-state index in [2.05, 4.69) is 15.1 Å². The maximum absolute atomic E-state index is 15.2. The molecule has 3 aromatic rings. The summed E-state index contributed by atoms with van der Waals surface area (Å²) < 4.78 is 22.4. The van der Waals surface area contributed by atoms with Crippen molar-refractivity contribution in [1.29, 1.82) is 0 Å². The Hall–Kier alpha value is -3.07. The monoisotopic (exact) mass is 497 g/mol. The van der Waals surface area contributed by atoms with Gasteiger partial charge in [-0.2, -0.15) is 5.10 Å². The second-order valence-electron chi connectivity index (χ2n) is 10.7. The number of alkyl halides is 1. The lowest BCUT2D eigenvalue weighted by molar-refractivity contribution is 0.0215. The standard InChI is InChI=1S/C27H36FN5O3/c1-7-32(26(35)36-27(4,5)6)15-21(28)9-18-12-24-20(8-16(18)2)14-29-33(24)25-13-23(30-17(3)31-25)19-10-22(34)11-19/h8,12-14,19,21-22,34H,7,9-11,15H2,1-6H3. The number of hydrogen-bond acceptors (Lipinski definition) is 6. The van der Waals surface area contributed by atoms with Gasteiger partial charge in [-0.05, 0) is 77.6 Å². The molecule has 0 aliphatic heterocycles. The predicted molar refractivity (Wildman–Crippen MR) is 136 cm³/mol. The third-order valence-corrected chi connectivity index (χ3v) is 6.51. The lowest BCUT2D eigenvalue weighted by Gasteiger charge is -2.31. The summed E-state index contributed by atoms with van der Waals surface area (Å²) in [7, 11) is 0. The molecule has 36 heavy (non-hydrogen) atoms. The molecular weight excluding hydrogens is 461 g/mol. The molecular formula is C27H36FN5O3. The number of nitrogens with zero attached hydrogens (tertiary/aromatic N) is 5. The van der Waals surface area contributed by atoms with Crippen LogP contribution in [0.4, 0.5) is 9.18 Å². The highest BCUT2D eigenvalue weighted by Crippen LogP contribution is 2.36. The lowest BCUT2D eigenvalue weighted by atomic mass is 9.80. The second kappa shape index (κ2) is 10.1. The minimum Gasteiger partial charge on any atom is -0.444 e. The van der Waals surface area contributed by atoms with Gasteiger partial charge in [0.05, 0.1) is 24.4 Å². The van der Waals surface area contributed by atoms with Gasteiger partial charge in [-0.15, -0.1) is 0 Å². The van der Waals surface area contributed by atoms with E-state index in [0.717, 1.165) is 27.7 Å². The fraction of sp³-hybridized carbons (Fsp3) is 0.556. The molecule has 1 aliphatic carbocycles. The van der Waals surface area contributed by atoms with E-state index in [4.69, 9.17) is 4.74 Å². The Kier molecular flexibility index (Phi) is 7.31. The van der Waals surface area contributed by atoms with Crippen molar-refractivity contribution in [2.24, 2.45) is 0 Å². The summed E-state index contributed by atoms with van der Waals surface area (Å²) in [6.07, 6.45) is 1.33. The van der Waals surface area contributed by atoms with E-state index in [9.17, 15) is 9.90 Å². The summed E-state index contributed by atoms with van der Waals surface area (Å²) in [6.45, 7) is 11.3. The fourth-order valence-corrected chi connectivity index (χ4v) is 4.56. The normalized spacial score (nSPS) is 18.7. The van der Waals surface area contributed by atoms with Gasteiger partial charge >= 0.3 is 6.09 Å². The van der Waals surface area contributed by atoms with Crippen LogP contribution in [0.3, 0.4) is 0 Å². The Balaban J connectivity index is 1.57. The first-order valence-corrected chi connectivity index (χ1v) is 12.6. The maximum atomic E-state index is 15.2. The summed E-state index contributed by atoms with van der Waals surface area (Å²) in [5.41, 5.74) is 2.93. The molecule has 2 aromatic heterocycles. The van der Waals surface area contributed by atoms with Gasteiger partial charge in [0.15, 0.2) is 5.82 Å². The molecule has 1 amide bonds. The highest BCUT2D eigenvalue weighted by Gasteiger charge is 2.30. The van der Waals surface area contributed by atoms with Crippen LogP contribution in [0, 0.1) is 13.8 Å². The molecule has 1 atom stereocenters. The van der Waals surface area contributed by atoms with E-state index in [1.165, 1.54) is 4.90 Å². The van der Waals surface area contributed by atoms with E-state index in [1.54, 1.807) is 31.6 Å². The number of aliphatic hydroxyl groups excluding tert-OH is 1. The topological polar surface area (TPSA) is 93.4 Å². The third kappa shape index (κ3) is 5.83. The molecule has 0 spiro atoms. The zero-order valence-corrected chi connectivity index (χ0v) is 22.0. The lowest BCUT2D eigenvalue weighted by Crippen LogP contribution is -2.40. The maximum Gasteiger partial charge on any atom is 0.410 e. The molecule has 0 radical (unpaired) electrons. The highest BCUT2D eigenvalue weighted by atomic mass is 19.1. The van der Waals surface area contributed by atoms with Crippen LogP contribution in [0.5, 0.6) is 0 Å². The van der Waals surface area contributed by atoms with E-state index in [0.29, 0.717) is 31.0 Å². The van der Waals surface area contributed by atoms with Crippen molar-refractivity contribution >= 4 is 17.0 Å². The average molecular weight is 498 g/mol. The van der Waals surface area contributed by atoms with Crippen LogP contribution in [0.25, 0.3) is 16.7 Å². The molecule has 1 aromatic carbocycles. The van der Waals surface area contributed by atoms with Crippen molar-refractivity contribution in [1.82, 2.24) is 24.6 Å². The van der Waals surface area contributed by atoms with Gasteiger partial charge in [0.2, 0.25) is 0 Å². The predicted octanol–water partition coefficient (Wildman–Crippen LogP) is 4.81. The largest absolute Gasteiger partial charge is 0.444 e. The van der Waals surface area contributed by atoms with E-state index in [1.807, 2.05) is 39.0 Å². The Labute approximate surface area is 211 Å². The number of aryl methyl sites for hydroxylation is 2. The number of fused-ring (bicyclic) bond motifs is 1. The van der Waals surface area contributed by atoms with Crippen LogP contribution in [0.15, 0.2) is 24.4 Å². The Morgan fingerprint density at radius 1 is 1.25 bits per heavy atom. The first-order valence-electron chi connectivity index (χ1n) is 12.6. The summed E-state index contributed by atoms with van der Waals surface area (Å²) in [4.78, 5) is 23.0. The molecule has 0 bridgehead atoms. The van der Waals surface area contributed by atoms with Gasteiger partial charge in [-0.25, -0.2) is 23.8 Å². The van der Waals surface area contributed by atoms with Crippen LogP contribution in [0.1, 0.15) is 69.1 Å². The van der Waals surface area contributed by atoms with Crippen molar-refractivity contribution in [3.8, 4) is 5.82 Å². The average Bonchev–Trinajstić information content (AvgIpc) is 3.16. The molecule has 2 heterocycles. The molecule has 8 nitrogen and oxygen atoms in total. The zero-order chi connectivity index (χ0) is 26.2. The summed E-state index contributed by atoms with van der Waals surface area (Å²) in [5, 5.41) is 15.2. The van der Waals surface area contributed by atoms with Crippen molar-refractivity contribution in [2.75, 3.05) is 13.1 Å². The van der Waals surface area contributed by atoms with Crippen LogP contribution in [0.2, 0.25) is 0 Å². The molecule has 1 saturated carbocycles. The fourth-order valence-electron chi connectivity index (χ4n) is 4.56. The Morgan fingerprint density at radius 2 is 1.97 bits per heavy atom. The number of ether oxygens (including phenoxy) is 1. The highest BCUT2D eigenvalue weighted by molar-refractivity contribution is 5.82. The molecule has 1 unspecified atom stereocenters. The number of hydrogen-bond donors (Lipinski definition) is 1. The first kappa shape index (κ1) is 26.0. The van der Waals surface area contributed by atoms with Gasteiger partial charge < -0.3 is 14.7 Å². The number of rotatable bonds is 7. The van der Waals surface area contributed by atoms with Crippen molar-refractivity contribution in [3.63, 3.8) is 0 Å². The Bertz CT molecular complexity index is 1250. The van der Waals surface area contributed by atoms with Crippen molar-refractivity contribution in [2.45, 2.75) is 84.6 Å². The number of benzene rings is 1. The molecule has 0 saturated heterocycles. The molecule has 9 heteroatoms. The molecule has 1 N–H and O–H groups in total. The van der Waals surface area contributed by atoms with E-state index in [-0.39, 0.29) is 25.0 Å². The molecule has 1 aliphatic rings. The smallest absolute Gasteiger partial charge is 0.410 e. The van der Waals surface area contributed by atoms with Gasteiger partial charge in [-0.3, -0.25) is 0 Å². The molecule has 194 valence electrons. The number of carbonyl (C=O) groups is 1. The minimum absolute atomic E-state index is 0.0378. The van der Waals surface area contributed by atoms with Crippen LogP contribution in [-0.4, -0.2) is 66.8 Å². The van der Waals surface area contributed by atoms with Gasteiger partial charge in [0.25, 0.3) is 0 Å². The van der Waals surface area contributed by atoms with Gasteiger partial charge in [0, 0.05) is 36.0 Å². The second-order valence-corrected chi connectivity index (χ2v) is 10.7. The van der Waals surface area contributed by atoms with E-state index >= 15 is 4.39 Å². The van der Waals surface area contributed by atoms with E-state index < -0.39 is 17.9 Å². The Morgan fingerprint density at radius 3 is 2.61 bits per heavy atom. The van der Waals surface area contributed by atoms with Gasteiger partial charge in [0.1, 0.15) is 17.6 Å². The number of carbonyl (C=O) groups excluding carboxylic acids is 1. The van der Waals surface area contributed by atoms with Crippen LogP contribution in [-0.2, 0) is 11.2 Å². The number of amides is 1. The van der Waals surface area contributed by atoms with Gasteiger partial charge in [-0.1, -0.05) is 0 Å². The minimum atomic E-state index is -1.25. The number of aliphatic hydroxyl groups is 1. The van der Waals surface area contributed by atoms with Crippen LogP contribution < -0.4 is 0 Å². The molecule has 1 fully saturated rings.